The molecule has 0 saturated carbocycles. The van der Waals surface area contributed by atoms with Gasteiger partial charge in [0.1, 0.15) is 11.4 Å². The first-order valence-corrected chi connectivity index (χ1v) is 11.7. The Labute approximate surface area is 218 Å². The molecule has 0 aliphatic carbocycles. The summed E-state index contributed by atoms with van der Waals surface area (Å²) in [5.41, 5.74) is 0.909. The minimum atomic E-state index is -0.599. The first kappa shape index (κ1) is 27.1. The van der Waals surface area contributed by atoms with Gasteiger partial charge in [-0.1, -0.05) is 35.3 Å². The largest absolute Gasteiger partial charge is 0.483 e. The number of halogens is 2. The summed E-state index contributed by atoms with van der Waals surface area (Å²) < 4.78 is 15.8. The number of alkyl carbamates (subject to hydrolysis) is 1. The molecule has 3 aromatic carbocycles. The number of hydrogen-bond donors (Lipinski definition) is 2. The molecule has 190 valence electrons. The smallest absolute Gasteiger partial charge is 0.407 e. The molecular formula is C26H26Cl2N2O6. The van der Waals surface area contributed by atoms with Crippen molar-refractivity contribution in [3.63, 3.8) is 0 Å². The number of esters is 1. The quantitative estimate of drug-likeness (QED) is 0.363. The predicted molar refractivity (Wildman–Crippen MR) is 139 cm³/mol. The van der Waals surface area contributed by atoms with E-state index in [1.165, 1.54) is 13.2 Å². The molecule has 8 nitrogen and oxygen atoms in total. The van der Waals surface area contributed by atoms with Crippen LogP contribution in [0.2, 0.25) is 10.0 Å². The van der Waals surface area contributed by atoms with Crippen LogP contribution < -0.4 is 15.4 Å². The van der Waals surface area contributed by atoms with Gasteiger partial charge >= 0.3 is 12.1 Å². The van der Waals surface area contributed by atoms with Crippen LogP contribution in [0.3, 0.4) is 0 Å². The van der Waals surface area contributed by atoms with E-state index < -0.39 is 23.6 Å². The number of anilines is 1. The molecule has 2 amide bonds. The zero-order chi connectivity index (χ0) is 26.5. The lowest BCUT2D eigenvalue weighted by molar-refractivity contribution is -0.118. The fraction of sp³-hybridized carbons (Fsp3) is 0.269. The molecule has 3 rings (SSSR count). The highest BCUT2D eigenvalue weighted by Gasteiger charge is 2.17. The van der Waals surface area contributed by atoms with Crippen molar-refractivity contribution in [2.45, 2.75) is 32.9 Å². The van der Waals surface area contributed by atoms with Crippen molar-refractivity contribution in [2.24, 2.45) is 0 Å². The van der Waals surface area contributed by atoms with E-state index in [0.29, 0.717) is 26.5 Å². The van der Waals surface area contributed by atoms with Crippen molar-refractivity contribution in [2.75, 3.05) is 19.0 Å². The average molecular weight is 533 g/mol. The number of benzene rings is 3. The van der Waals surface area contributed by atoms with E-state index in [2.05, 4.69) is 10.6 Å². The third kappa shape index (κ3) is 7.50. The lowest BCUT2D eigenvalue weighted by Crippen LogP contribution is -2.32. The maximum atomic E-state index is 12.6. The van der Waals surface area contributed by atoms with Gasteiger partial charge in [-0.05, 0) is 68.1 Å². The lowest BCUT2D eigenvalue weighted by atomic mass is 10.1. The summed E-state index contributed by atoms with van der Waals surface area (Å²) in [5, 5.41) is 7.19. The van der Waals surface area contributed by atoms with E-state index in [1.807, 2.05) is 0 Å². The molecular weight excluding hydrogens is 507 g/mol. The lowest BCUT2D eigenvalue weighted by Gasteiger charge is -2.19. The maximum absolute atomic E-state index is 12.6. The van der Waals surface area contributed by atoms with Gasteiger partial charge in [0, 0.05) is 22.6 Å². The van der Waals surface area contributed by atoms with Crippen LogP contribution in [0.15, 0.2) is 48.5 Å². The monoisotopic (exact) mass is 532 g/mol. The topological polar surface area (TPSA) is 103 Å². The first-order chi connectivity index (χ1) is 16.9. The van der Waals surface area contributed by atoms with Crippen LogP contribution in [-0.2, 0) is 20.8 Å². The van der Waals surface area contributed by atoms with E-state index in [9.17, 15) is 14.4 Å². The van der Waals surface area contributed by atoms with E-state index in [0.717, 1.165) is 5.56 Å². The third-order valence-corrected chi connectivity index (χ3v) is 5.27. The van der Waals surface area contributed by atoms with Crippen molar-refractivity contribution in [3.8, 4) is 5.75 Å². The van der Waals surface area contributed by atoms with E-state index >= 15 is 0 Å². The van der Waals surface area contributed by atoms with Crippen molar-refractivity contribution in [1.29, 1.82) is 0 Å². The molecule has 0 unspecified atom stereocenters. The van der Waals surface area contributed by atoms with Gasteiger partial charge in [0.05, 0.1) is 17.7 Å². The summed E-state index contributed by atoms with van der Waals surface area (Å²) >= 11 is 12.5. The number of rotatable bonds is 7. The highest BCUT2D eigenvalue weighted by molar-refractivity contribution is 6.39. The third-order valence-electron chi connectivity index (χ3n) is 4.76. The Morgan fingerprint density at radius 1 is 1.00 bits per heavy atom. The summed E-state index contributed by atoms with van der Waals surface area (Å²) in [6.45, 7) is 5.22. The number of amides is 2. The molecule has 36 heavy (non-hydrogen) atoms. The van der Waals surface area contributed by atoms with Gasteiger partial charge in [-0.3, -0.25) is 4.79 Å². The van der Waals surface area contributed by atoms with E-state index in [1.54, 1.807) is 63.2 Å². The Bertz CT molecular complexity index is 1300. The second-order valence-corrected chi connectivity index (χ2v) is 9.69. The number of carbonyl (C=O) groups is 3. The maximum Gasteiger partial charge on any atom is 0.407 e. The van der Waals surface area contributed by atoms with E-state index in [-0.39, 0.29) is 24.5 Å². The van der Waals surface area contributed by atoms with Crippen LogP contribution in [0.25, 0.3) is 10.8 Å². The van der Waals surface area contributed by atoms with Gasteiger partial charge in [0.2, 0.25) is 0 Å². The molecule has 0 aliphatic rings. The minimum absolute atomic E-state index is 0.225. The molecule has 0 spiro atoms. The minimum Gasteiger partial charge on any atom is -0.483 e. The van der Waals surface area contributed by atoms with Crippen LogP contribution in [-0.4, -0.2) is 37.3 Å². The van der Waals surface area contributed by atoms with Crippen LogP contribution >= 0.6 is 23.2 Å². The summed E-state index contributed by atoms with van der Waals surface area (Å²) in [5.74, 6) is -0.770. The molecule has 0 heterocycles. The van der Waals surface area contributed by atoms with Gasteiger partial charge < -0.3 is 24.8 Å². The molecule has 2 N–H and O–H groups in total. The Morgan fingerprint density at radius 2 is 1.75 bits per heavy atom. The SMILES string of the molecule is COC(=O)c1cc(OCC(=O)Nc2cccc(CNC(=O)OC(C)(C)C)c2)c2c(Cl)cc(Cl)cc2c1. The van der Waals surface area contributed by atoms with Crippen LogP contribution in [0, 0.1) is 0 Å². The fourth-order valence-corrected chi connectivity index (χ4v) is 3.93. The number of hydrogen-bond acceptors (Lipinski definition) is 6. The van der Waals surface area contributed by atoms with Gasteiger partial charge in [-0.2, -0.15) is 0 Å². The molecule has 0 fully saturated rings. The van der Waals surface area contributed by atoms with Crippen LogP contribution in [0.5, 0.6) is 5.75 Å². The summed E-state index contributed by atoms with van der Waals surface area (Å²) in [6, 6.07) is 13.2. The highest BCUT2D eigenvalue weighted by atomic mass is 35.5. The molecule has 0 saturated heterocycles. The summed E-state index contributed by atoms with van der Waals surface area (Å²) in [7, 11) is 1.27. The Hall–Kier alpha value is -3.49. The van der Waals surface area contributed by atoms with Crippen LogP contribution in [0.1, 0.15) is 36.7 Å². The molecule has 3 aromatic rings. The number of carbonyl (C=O) groups excluding carboxylic acids is 3. The standard InChI is InChI=1S/C26H26Cl2N2O6/c1-26(2,3)36-25(33)29-13-15-6-5-7-19(8-15)30-22(31)14-35-21-11-17(24(32)34-4)9-16-10-18(27)12-20(28)23(16)21/h5-12H,13-14H2,1-4H3,(H,29,33)(H,30,31). The normalized spacial score (nSPS) is 11.1. The second-order valence-electron chi connectivity index (χ2n) is 8.84. The van der Waals surface area contributed by atoms with Crippen LogP contribution in [0.4, 0.5) is 10.5 Å². The van der Waals surface area contributed by atoms with Gasteiger partial charge in [-0.15, -0.1) is 0 Å². The van der Waals surface area contributed by atoms with Crippen molar-refractivity contribution in [1.82, 2.24) is 5.32 Å². The number of nitrogens with one attached hydrogen (secondary N) is 2. The molecule has 10 heteroatoms. The van der Waals surface area contributed by atoms with Crippen molar-refractivity contribution in [3.05, 3.63) is 69.7 Å². The van der Waals surface area contributed by atoms with Crippen molar-refractivity contribution >= 4 is 57.6 Å². The molecule has 0 aromatic heterocycles. The predicted octanol–water partition coefficient (Wildman–Crippen LogP) is 5.98. The van der Waals surface area contributed by atoms with Gasteiger partial charge in [-0.25, -0.2) is 9.59 Å². The first-order valence-electron chi connectivity index (χ1n) is 10.9. The van der Waals surface area contributed by atoms with E-state index in [4.69, 9.17) is 37.4 Å². The Balaban J connectivity index is 1.69. The summed E-state index contributed by atoms with van der Waals surface area (Å²) in [4.78, 5) is 36.6. The second kappa shape index (κ2) is 11.5. The molecule has 0 atom stereocenters. The molecule has 0 bridgehead atoms. The van der Waals surface area contributed by atoms with Gasteiger partial charge in [0.25, 0.3) is 5.91 Å². The number of ether oxygens (including phenoxy) is 3. The van der Waals surface area contributed by atoms with Crippen molar-refractivity contribution < 1.29 is 28.6 Å². The Kier molecular flexibility index (Phi) is 8.66. The summed E-state index contributed by atoms with van der Waals surface area (Å²) in [6.07, 6.45) is -0.535. The number of methoxy groups -OCH3 is 1. The molecule has 0 aliphatic heterocycles. The zero-order valence-electron chi connectivity index (χ0n) is 20.2. The fourth-order valence-electron chi connectivity index (χ4n) is 3.33. The van der Waals surface area contributed by atoms with Gasteiger partial charge in [0.15, 0.2) is 6.61 Å². The molecule has 0 radical (unpaired) electrons. The zero-order valence-corrected chi connectivity index (χ0v) is 21.8. The number of fused-ring (bicyclic) bond motifs is 1. The highest BCUT2D eigenvalue weighted by Crippen LogP contribution is 2.36. The Morgan fingerprint density at radius 3 is 2.44 bits per heavy atom. The average Bonchev–Trinajstić information content (AvgIpc) is 2.79.